The number of hydrogen-bond donors (Lipinski definition) is 0. The van der Waals surface area contributed by atoms with Gasteiger partial charge in [0, 0.05) is 31.0 Å². The van der Waals surface area contributed by atoms with E-state index in [9.17, 15) is 4.79 Å². The first-order chi connectivity index (χ1) is 15.6. The molecule has 0 saturated carbocycles. The minimum Gasteiger partial charge on any atom is -0.497 e. The second kappa shape index (κ2) is 9.72. The summed E-state index contributed by atoms with van der Waals surface area (Å²) in [5.41, 5.74) is 1.79. The summed E-state index contributed by atoms with van der Waals surface area (Å²) in [6.07, 6.45) is 0.358. The van der Waals surface area contributed by atoms with Crippen LogP contribution in [0.2, 0.25) is 0 Å². The van der Waals surface area contributed by atoms with Gasteiger partial charge in [0.1, 0.15) is 5.75 Å². The maximum atomic E-state index is 12.7. The normalized spacial score (nSPS) is 15.8. The third-order valence-corrected chi connectivity index (χ3v) is 5.34. The number of carbonyl (C=O) groups excluding carboxylic acids is 1. The summed E-state index contributed by atoms with van der Waals surface area (Å²) >= 11 is 0. The van der Waals surface area contributed by atoms with Gasteiger partial charge in [0.15, 0.2) is 17.3 Å². The molecule has 0 spiro atoms. The molecule has 2 heterocycles. The maximum absolute atomic E-state index is 12.7. The highest BCUT2D eigenvalue weighted by Crippen LogP contribution is 2.32. The van der Waals surface area contributed by atoms with Gasteiger partial charge in [-0.1, -0.05) is 11.2 Å². The lowest BCUT2D eigenvalue weighted by Gasteiger charge is -2.18. The smallest absolute Gasteiger partial charge is 0.257 e. The van der Waals surface area contributed by atoms with Crippen LogP contribution in [0.15, 0.2) is 47.0 Å². The molecule has 0 aliphatic carbocycles. The van der Waals surface area contributed by atoms with Crippen LogP contribution in [0.1, 0.15) is 37.6 Å². The molecule has 1 aliphatic rings. The molecule has 1 fully saturated rings. The quantitative estimate of drug-likeness (QED) is 0.499. The van der Waals surface area contributed by atoms with Crippen LogP contribution in [0.4, 0.5) is 0 Å². The predicted octanol–water partition coefficient (Wildman–Crippen LogP) is 4.06. The van der Waals surface area contributed by atoms with Crippen LogP contribution in [0.5, 0.6) is 17.2 Å². The number of likely N-dealkylation sites (tertiary alicyclic amines) is 1. The number of rotatable bonds is 9. The molecule has 1 aromatic heterocycles. The van der Waals surface area contributed by atoms with E-state index in [4.69, 9.17) is 18.7 Å². The number of ether oxygens (including phenoxy) is 3. The number of carbonyl (C=O) groups is 1. The van der Waals surface area contributed by atoms with Crippen molar-refractivity contribution in [1.29, 1.82) is 0 Å². The van der Waals surface area contributed by atoms with Gasteiger partial charge in [-0.15, -0.1) is 0 Å². The Hall–Kier alpha value is -3.55. The Labute approximate surface area is 187 Å². The van der Waals surface area contributed by atoms with Crippen LogP contribution in [-0.4, -0.2) is 47.8 Å². The molecule has 0 bridgehead atoms. The highest BCUT2D eigenvalue weighted by atomic mass is 16.5. The molecular formula is C24H27N3O5. The lowest BCUT2D eigenvalue weighted by atomic mass is 10.1. The van der Waals surface area contributed by atoms with Gasteiger partial charge in [-0.3, -0.25) is 4.79 Å². The van der Waals surface area contributed by atoms with E-state index < -0.39 is 0 Å². The molecular weight excluding hydrogens is 410 g/mol. The molecule has 8 heteroatoms. The zero-order chi connectivity index (χ0) is 22.5. The van der Waals surface area contributed by atoms with Crippen LogP contribution in [0, 0.1) is 0 Å². The first-order valence-electron chi connectivity index (χ1n) is 10.8. The summed E-state index contributed by atoms with van der Waals surface area (Å²) in [7, 11) is 1.62. The first kappa shape index (κ1) is 21.7. The van der Waals surface area contributed by atoms with Gasteiger partial charge in [0.05, 0.1) is 20.3 Å². The van der Waals surface area contributed by atoms with E-state index >= 15 is 0 Å². The zero-order valence-corrected chi connectivity index (χ0v) is 18.5. The van der Waals surface area contributed by atoms with Gasteiger partial charge >= 0.3 is 0 Å². The molecule has 3 aromatic rings. The van der Waals surface area contributed by atoms with E-state index in [1.54, 1.807) is 7.11 Å². The average molecular weight is 437 g/mol. The van der Waals surface area contributed by atoms with E-state index in [1.807, 2.05) is 61.2 Å². The highest BCUT2D eigenvalue weighted by Gasteiger charge is 2.34. The minimum absolute atomic E-state index is 0.0673. The van der Waals surface area contributed by atoms with E-state index in [2.05, 4.69) is 10.1 Å². The molecule has 168 valence electrons. The number of nitrogens with zero attached hydrogens (tertiary/aromatic N) is 3. The van der Waals surface area contributed by atoms with E-state index in [-0.39, 0.29) is 11.8 Å². The molecule has 8 nitrogen and oxygen atoms in total. The Morgan fingerprint density at radius 2 is 1.81 bits per heavy atom. The van der Waals surface area contributed by atoms with E-state index in [0.29, 0.717) is 55.9 Å². The van der Waals surface area contributed by atoms with Gasteiger partial charge in [-0.05, 0) is 55.8 Å². The van der Waals surface area contributed by atoms with Crippen LogP contribution in [0.3, 0.4) is 0 Å². The Bertz CT molecular complexity index is 1060. The molecule has 0 radical (unpaired) electrons. The summed E-state index contributed by atoms with van der Waals surface area (Å²) < 4.78 is 21.9. The summed E-state index contributed by atoms with van der Waals surface area (Å²) in [4.78, 5) is 19.0. The summed E-state index contributed by atoms with van der Waals surface area (Å²) in [6.45, 7) is 6.01. The first-order valence-corrected chi connectivity index (χ1v) is 10.8. The topological polar surface area (TPSA) is 86.9 Å². The fraction of sp³-hybridized carbons (Fsp3) is 0.375. The lowest BCUT2D eigenvalue weighted by molar-refractivity contribution is -0.128. The van der Waals surface area contributed by atoms with Gasteiger partial charge in [-0.2, -0.15) is 4.98 Å². The van der Waals surface area contributed by atoms with Crippen LogP contribution in [-0.2, 0) is 11.3 Å². The van der Waals surface area contributed by atoms with Gasteiger partial charge in [0.2, 0.25) is 5.91 Å². The van der Waals surface area contributed by atoms with Crippen molar-refractivity contribution in [3.63, 3.8) is 0 Å². The number of amides is 1. The van der Waals surface area contributed by atoms with Crippen molar-refractivity contribution in [2.75, 3.05) is 26.9 Å². The van der Waals surface area contributed by atoms with E-state index in [0.717, 1.165) is 16.9 Å². The van der Waals surface area contributed by atoms with Crippen molar-refractivity contribution in [3.8, 4) is 28.7 Å². The Morgan fingerprint density at radius 1 is 1.06 bits per heavy atom. The molecule has 1 saturated heterocycles. The molecule has 1 unspecified atom stereocenters. The van der Waals surface area contributed by atoms with Crippen LogP contribution in [0.25, 0.3) is 11.5 Å². The number of benzene rings is 2. The summed E-state index contributed by atoms with van der Waals surface area (Å²) in [6, 6.07) is 13.2. The molecule has 4 rings (SSSR count). The third-order valence-electron chi connectivity index (χ3n) is 5.34. The SMILES string of the molecule is CCOc1ccc(CN2CC(c3noc(-c4ccc(OC)cc4)n3)CC2=O)cc1OCC. The lowest BCUT2D eigenvalue weighted by Crippen LogP contribution is -2.24. The largest absolute Gasteiger partial charge is 0.497 e. The van der Waals surface area contributed by atoms with Gasteiger partial charge in [0.25, 0.3) is 5.89 Å². The molecule has 0 N–H and O–H groups in total. The zero-order valence-electron chi connectivity index (χ0n) is 18.5. The highest BCUT2D eigenvalue weighted by molar-refractivity contribution is 5.79. The molecule has 32 heavy (non-hydrogen) atoms. The Morgan fingerprint density at radius 3 is 2.53 bits per heavy atom. The van der Waals surface area contributed by atoms with Crippen molar-refractivity contribution in [3.05, 3.63) is 53.9 Å². The van der Waals surface area contributed by atoms with Crippen molar-refractivity contribution in [1.82, 2.24) is 15.0 Å². The third kappa shape index (κ3) is 4.69. The maximum Gasteiger partial charge on any atom is 0.257 e. The van der Waals surface area contributed by atoms with Gasteiger partial charge in [-0.25, -0.2) is 0 Å². The molecule has 1 amide bonds. The minimum atomic E-state index is -0.104. The van der Waals surface area contributed by atoms with Crippen molar-refractivity contribution in [2.45, 2.75) is 32.7 Å². The Balaban J connectivity index is 1.44. The average Bonchev–Trinajstić information content (AvgIpc) is 3.43. The van der Waals surface area contributed by atoms with Crippen LogP contribution < -0.4 is 14.2 Å². The summed E-state index contributed by atoms with van der Waals surface area (Å²) in [5.74, 6) is 3.10. The summed E-state index contributed by atoms with van der Waals surface area (Å²) in [5, 5.41) is 4.13. The van der Waals surface area contributed by atoms with Crippen molar-refractivity contribution < 1.29 is 23.5 Å². The second-order valence-electron chi connectivity index (χ2n) is 7.51. The molecule has 1 aliphatic heterocycles. The number of aromatic nitrogens is 2. The predicted molar refractivity (Wildman–Crippen MR) is 118 cm³/mol. The van der Waals surface area contributed by atoms with Crippen molar-refractivity contribution >= 4 is 5.91 Å². The number of hydrogen-bond acceptors (Lipinski definition) is 7. The van der Waals surface area contributed by atoms with Crippen LogP contribution >= 0.6 is 0 Å². The standard InChI is InChI=1S/C24H27N3O5/c1-4-30-20-11-6-16(12-21(20)31-5-2)14-27-15-18(13-22(27)28)23-25-24(32-26-23)17-7-9-19(29-3)10-8-17/h6-12,18H,4-5,13-15H2,1-3H3. The fourth-order valence-corrected chi connectivity index (χ4v) is 3.76. The number of methoxy groups -OCH3 is 1. The molecule has 1 atom stereocenters. The second-order valence-corrected chi connectivity index (χ2v) is 7.51. The monoisotopic (exact) mass is 437 g/mol. The fourth-order valence-electron chi connectivity index (χ4n) is 3.76. The van der Waals surface area contributed by atoms with E-state index in [1.165, 1.54) is 0 Å². The Kier molecular flexibility index (Phi) is 6.58. The molecule has 2 aromatic carbocycles. The van der Waals surface area contributed by atoms with Crippen molar-refractivity contribution in [2.24, 2.45) is 0 Å². The van der Waals surface area contributed by atoms with Gasteiger partial charge < -0.3 is 23.6 Å².